The third-order valence-electron chi connectivity index (χ3n) is 3.64. The summed E-state index contributed by atoms with van der Waals surface area (Å²) in [5, 5.41) is 13.5. The minimum Gasteiger partial charge on any atom is -0.496 e. The van der Waals surface area contributed by atoms with Crippen LogP contribution in [0, 0.1) is 0 Å². The number of ether oxygens (including phenoxy) is 1. The largest absolute Gasteiger partial charge is 0.496 e. The smallest absolute Gasteiger partial charge is 0.317 e. The number of carboxylic acids is 1. The van der Waals surface area contributed by atoms with Crippen molar-refractivity contribution in [3.63, 3.8) is 0 Å². The zero-order valence-electron chi connectivity index (χ0n) is 13.2. The van der Waals surface area contributed by atoms with Crippen molar-refractivity contribution in [3.8, 4) is 5.75 Å². The molecule has 0 saturated carbocycles. The Balaban J connectivity index is 2.12. The van der Waals surface area contributed by atoms with Gasteiger partial charge in [0.2, 0.25) is 0 Å². The summed E-state index contributed by atoms with van der Waals surface area (Å²) in [7, 11) is 3.16. The first-order valence-corrected chi connectivity index (χ1v) is 7.28. The van der Waals surface area contributed by atoms with Gasteiger partial charge in [0, 0.05) is 25.7 Å². The molecule has 0 aliphatic carbocycles. The van der Waals surface area contributed by atoms with Gasteiger partial charge in [-0.25, -0.2) is 4.79 Å². The third kappa shape index (κ3) is 4.12. The van der Waals surface area contributed by atoms with E-state index in [0.717, 1.165) is 16.3 Å². The molecule has 0 radical (unpaired) electrons. The molecule has 0 saturated heterocycles. The molecule has 2 rings (SSSR count). The fraction of sp³-hybridized carbons (Fsp3) is 0.294. The van der Waals surface area contributed by atoms with Crippen LogP contribution >= 0.6 is 0 Å². The molecule has 0 heterocycles. The predicted octanol–water partition coefficient (Wildman–Crippen LogP) is 2.46. The minimum absolute atomic E-state index is 0.0818. The summed E-state index contributed by atoms with van der Waals surface area (Å²) in [6.45, 7) is 0.467. The standard InChI is InChI=1S/C17H20N2O4/c1-19(10-9-16(20)21)17(22)18-11-14-13-6-4-3-5-12(13)7-8-15(14)23-2/h3-8H,9-11H2,1-2H3,(H,18,22)(H,20,21). The number of nitrogens with zero attached hydrogens (tertiary/aromatic N) is 1. The summed E-state index contributed by atoms with van der Waals surface area (Å²) in [6, 6.07) is 11.4. The van der Waals surface area contributed by atoms with Gasteiger partial charge in [0.05, 0.1) is 13.5 Å². The van der Waals surface area contributed by atoms with E-state index in [0.29, 0.717) is 12.3 Å². The number of hydrogen-bond donors (Lipinski definition) is 2. The van der Waals surface area contributed by atoms with Gasteiger partial charge in [-0.2, -0.15) is 0 Å². The van der Waals surface area contributed by atoms with E-state index in [1.54, 1.807) is 14.2 Å². The van der Waals surface area contributed by atoms with Crippen molar-refractivity contribution < 1.29 is 19.4 Å². The second kappa shape index (κ2) is 7.49. The minimum atomic E-state index is -0.930. The maximum Gasteiger partial charge on any atom is 0.317 e. The highest BCUT2D eigenvalue weighted by atomic mass is 16.5. The fourth-order valence-corrected chi connectivity index (χ4v) is 2.35. The van der Waals surface area contributed by atoms with E-state index in [4.69, 9.17) is 9.84 Å². The first-order valence-electron chi connectivity index (χ1n) is 7.28. The van der Waals surface area contributed by atoms with E-state index >= 15 is 0 Å². The van der Waals surface area contributed by atoms with Crippen molar-refractivity contribution in [2.45, 2.75) is 13.0 Å². The van der Waals surface area contributed by atoms with Gasteiger partial charge in [0.1, 0.15) is 5.75 Å². The monoisotopic (exact) mass is 316 g/mol. The molecular formula is C17H20N2O4. The van der Waals surface area contributed by atoms with E-state index < -0.39 is 5.97 Å². The van der Waals surface area contributed by atoms with Gasteiger partial charge in [-0.05, 0) is 16.8 Å². The van der Waals surface area contributed by atoms with E-state index in [1.807, 2.05) is 36.4 Å². The van der Waals surface area contributed by atoms with Crippen LogP contribution in [0.4, 0.5) is 4.79 Å². The number of nitrogens with one attached hydrogen (secondary N) is 1. The molecule has 0 atom stereocenters. The van der Waals surface area contributed by atoms with Crippen LogP contribution in [0.2, 0.25) is 0 Å². The number of carboxylic acid groups (broad SMARTS) is 1. The summed E-state index contributed by atoms with van der Waals surface area (Å²) in [6.07, 6.45) is -0.0818. The summed E-state index contributed by atoms with van der Waals surface area (Å²) in [4.78, 5) is 24.0. The summed E-state index contributed by atoms with van der Waals surface area (Å²) >= 11 is 0. The van der Waals surface area contributed by atoms with Gasteiger partial charge in [-0.3, -0.25) is 4.79 Å². The predicted molar refractivity (Wildman–Crippen MR) is 87.6 cm³/mol. The average Bonchev–Trinajstić information content (AvgIpc) is 2.56. The van der Waals surface area contributed by atoms with Gasteiger partial charge in [0.25, 0.3) is 0 Å². The van der Waals surface area contributed by atoms with E-state index in [1.165, 1.54) is 4.90 Å². The fourth-order valence-electron chi connectivity index (χ4n) is 2.35. The van der Waals surface area contributed by atoms with E-state index in [2.05, 4.69) is 5.32 Å². The first-order chi connectivity index (χ1) is 11.0. The summed E-state index contributed by atoms with van der Waals surface area (Å²) in [5.74, 6) is -0.224. The number of benzene rings is 2. The first kappa shape index (κ1) is 16.6. The molecule has 6 heteroatoms. The summed E-state index contributed by atoms with van der Waals surface area (Å²) in [5.41, 5.74) is 0.894. The average molecular weight is 316 g/mol. The molecule has 0 bridgehead atoms. The number of urea groups is 1. The molecule has 0 aliphatic rings. The van der Waals surface area contributed by atoms with E-state index in [9.17, 15) is 9.59 Å². The Bertz CT molecular complexity index is 715. The van der Waals surface area contributed by atoms with Crippen LogP contribution in [0.15, 0.2) is 36.4 Å². The lowest BCUT2D eigenvalue weighted by atomic mass is 10.0. The summed E-state index contributed by atoms with van der Waals surface area (Å²) < 4.78 is 5.38. The SMILES string of the molecule is COc1ccc2ccccc2c1CNC(=O)N(C)CCC(=O)O. The topological polar surface area (TPSA) is 78.9 Å². The third-order valence-corrected chi connectivity index (χ3v) is 3.64. The molecule has 0 fully saturated rings. The number of carbonyl (C=O) groups is 2. The molecular weight excluding hydrogens is 296 g/mol. The second-order valence-electron chi connectivity index (χ2n) is 5.19. The quantitative estimate of drug-likeness (QED) is 0.858. The van der Waals surface area contributed by atoms with Crippen LogP contribution in [0.3, 0.4) is 0 Å². The van der Waals surface area contributed by atoms with Crippen LogP contribution in [0.25, 0.3) is 10.8 Å². The van der Waals surface area contributed by atoms with Gasteiger partial charge >= 0.3 is 12.0 Å². The highest BCUT2D eigenvalue weighted by Gasteiger charge is 2.13. The zero-order chi connectivity index (χ0) is 16.8. The van der Waals surface area contributed by atoms with Crippen LogP contribution in [-0.2, 0) is 11.3 Å². The molecule has 0 aliphatic heterocycles. The number of methoxy groups -OCH3 is 1. The number of amides is 2. The molecule has 0 spiro atoms. The molecule has 2 amide bonds. The Morgan fingerprint density at radius 2 is 1.96 bits per heavy atom. The number of aliphatic carboxylic acids is 1. The molecule has 2 aromatic carbocycles. The molecule has 0 unspecified atom stereocenters. The van der Waals surface area contributed by atoms with Gasteiger partial charge in [-0.1, -0.05) is 30.3 Å². The van der Waals surface area contributed by atoms with Crippen molar-refractivity contribution in [2.75, 3.05) is 20.7 Å². The number of hydrogen-bond acceptors (Lipinski definition) is 3. The van der Waals surface area contributed by atoms with Crippen molar-refractivity contribution in [1.82, 2.24) is 10.2 Å². The molecule has 2 N–H and O–H groups in total. The second-order valence-corrected chi connectivity index (χ2v) is 5.19. The Morgan fingerprint density at radius 1 is 1.22 bits per heavy atom. The van der Waals surface area contributed by atoms with Crippen molar-refractivity contribution in [1.29, 1.82) is 0 Å². The molecule has 122 valence electrons. The maximum absolute atomic E-state index is 12.0. The van der Waals surface area contributed by atoms with Crippen molar-refractivity contribution >= 4 is 22.8 Å². The zero-order valence-corrected chi connectivity index (χ0v) is 13.2. The van der Waals surface area contributed by atoms with Crippen LogP contribution in [0.5, 0.6) is 5.75 Å². The Morgan fingerprint density at radius 3 is 2.65 bits per heavy atom. The van der Waals surface area contributed by atoms with Crippen LogP contribution in [0.1, 0.15) is 12.0 Å². The molecule has 2 aromatic rings. The van der Waals surface area contributed by atoms with Gasteiger partial charge in [0.15, 0.2) is 0 Å². The number of carbonyl (C=O) groups excluding carboxylic acids is 1. The number of rotatable bonds is 6. The van der Waals surface area contributed by atoms with Crippen molar-refractivity contribution in [3.05, 3.63) is 42.0 Å². The van der Waals surface area contributed by atoms with Crippen LogP contribution in [-0.4, -0.2) is 42.7 Å². The highest BCUT2D eigenvalue weighted by molar-refractivity contribution is 5.88. The molecule has 0 aromatic heterocycles. The molecule has 6 nitrogen and oxygen atoms in total. The lowest BCUT2D eigenvalue weighted by Gasteiger charge is -2.18. The van der Waals surface area contributed by atoms with E-state index in [-0.39, 0.29) is 19.0 Å². The maximum atomic E-state index is 12.0. The van der Waals surface area contributed by atoms with Gasteiger partial charge < -0.3 is 20.1 Å². The highest BCUT2D eigenvalue weighted by Crippen LogP contribution is 2.27. The number of fused-ring (bicyclic) bond motifs is 1. The Labute approximate surface area is 134 Å². The van der Waals surface area contributed by atoms with Crippen LogP contribution < -0.4 is 10.1 Å². The molecule has 23 heavy (non-hydrogen) atoms. The van der Waals surface area contributed by atoms with Crippen molar-refractivity contribution in [2.24, 2.45) is 0 Å². The van der Waals surface area contributed by atoms with Gasteiger partial charge in [-0.15, -0.1) is 0 Å². The normalized spacial score (nSPS) is 10.3. The lowest BCUT2D eigenvalue weighted by Crippen LogP contribution is -2.38. The lowest BCUT2D eigenvalue weighted by molar-refractivity contribution is -0.137. The Hall–Kier alpha value is -2.76. The Kier molecular flexibility index (Phi) is 5.41.